The number of hydrogen-bond donors (Lipinski definition) is 2. The number of rotatable bonds is 8. The number of methoxy groups -OCH3 is 2. The highest BCUT2D eigenvalue weighted by molar-refractivity contribution is 14.0. The number of halogens is 1. The van der Waals surface area contributed by atoms with E-state index in [-0.39, 0.29) is 24.0 Å². The highest BCUT2D eigenvalue weighted by Gasteiger charge is 2.21. The third kappa shape index (κ3) is 7.87. The van der Waals surface area contributed by atoms with E-state index in [9.17, 15) is 0 Å². The molecule has 2 aromatic carbocycles. The second kappa shape index (κ2) is 13.4. The lowest BCUT2D eigenvalue weighted by atomic mass is 10.0. The van der Waals surface area contributed by atoms with E-state index >= 15 is 0 Å². The molecule has 0 aliphatic carbocycles. The standard InChI is InChI=1S/C25H37N5O2.HI/c1-6-26-25(27-18-19-8-7-9-21(14-19)29(2)3)28-20-10-12-30(13-11-20)22-15-23(31-4)17-24(16-22)32-5;/h7-9,14-17,20H,6,10-13,18H2,1-5H3,(H2,26,27,28);1H. The summed E-state index contributed by atoms with van der Waals surface area (Å²) >= 11 is 0. The van der Waals surface area contributed by atoms with Crippen molar-refractivity contribution >= 4 is 41.3 Å². The van der Waals surface area contributed by atoms with Crippen molar-refractivity contribution in [1.82, 2.24) is 10.6 Å². The van der Waals surface area contributed by atoms with Gasteiger partial charge in [-0.2, -0.15) is 0 Å². The topological polar surface area (TPSA) is 61.4 Å². The summed E-state index contributed by atoms with van der Waals surface area (Å²) < 4.78 is 10.9. The number of guanidine groups is 1. The van der Waals surface area contributed by atoms with Gasteiger partial charge in [-0.05, 0) is 37.5 Å². The van der Waals surface area contributed by atoms with E-state index in [0.717, 1.165) is 55.6 Å². The SMILES string of the molecule is CCNC(=NCc1cccc(N(C)C)c1)NC1CCN(c2cc(OC)cc(OC)c2)CC1.I. The summed E-state index contributed by atoms with van der Waals surface area (Å²) in [6.45, 7) is 5.53. The van der Waals surface area contributed by atoms with Gasteiger partial charge in [-0.3, -0.25) is 0 Å². The van der Waals surface area contributed by atoms with Crippen molar-refractivity contribution in [3.63, 3.8) is 0 Å². The monoisotopic (exact) mass is 567 g/mol. The molecule has 0 bridgehead atoms. The molecule has 182 valence electrons. The fourth-order valence-corrected chi connectivity index (χ4v) is 3.87. The molecular formula is C25H38IN5O2. The van der Waals surface area contributed by atoms with Gasteiger partial charge in [0.15, 0.2) is 5.96 Å². The normalized spacial score (nSPS) is 14.3. The Balaban J connectivity index is 0.00000385. The largest absolute Gasteiger partial charge is 0.497 e. The van der Waals surface area contributed by atoms with Crippen molar-refractivity contribution in [2.45, 2.75) is 32.4 Å². The Kier molecular flexibility index (Phi) is 10.9. The number of piperidine rings is 1. The van der Waals surface area contributed by atoms with Gasteiger partial charge in [-0.25, -0.2) is 4.99 Å². The van der Waals surface area contributed by atoms with Gasteiger partial charge < -0.3 is 29.9 Å². The lowest BCUT2D eigenvalue weighted by Gasteiger charge is -2.34. The minimum atomic E-state index is 0. The van der Waals surface area contributed by atoms with Crippen LogP contribution in [-0.2, 0) is 6.54 Å². The maximum absolute atomic E-state index is 5.43. The van der Waals surface area contributed by atoms with Crippen LogP contribution in [0.15, 0.2) is 47.5 Å². The van der Waals surface area contributed by atoms with E-state index in [2.05, 4.69) is 77.9 Å². The third-order valence-corrected chi connectivity index (χ3v) is 5.73. The van der Waals surface area contributed by atoms with Gasteiger partial charge in [0.25, 0.3) is 0 Å². The van der Waals surface area contributed by atoms with Crippen LogP contribution in [0.3, 0.4) is 0 Å². The van der Waals surface area contributed by atoms with Gasteiger partial charge in [0, 0.05) is 69.3 Å². The first kappa shape index (κ1) is 26.9. The zero-order chi connectivity index (χ0) is 22.9. The van der Waals surface area contributed by atoms with Crippen LogP contribution in [0, 0.1) is 0 Å². The molecule has 8 heteroatoms. The number of ether oxygens (including phenoxy) is 2. The maximum atomic E-state index is 5.43. The summed E-state index contributed by atoms with van der Waals surface area (Å²) in [4.78, 5) is 9.33. The molecule has 7 nitrogen and oxygen atoms in total. The minimum Gasteiger partial charge on any atom is -0.497 e. The molecule has 3 rings (SSSR count). The van der Waals surface area contributed by atoms with Crippen molar-refractivity contribution in [2.75, 3.05) is 57.7 Å². The number of nitrogens with one attached hydrogen (secondary N) is 2. The van der Waals surface area contributed by atoms with Crippen LogP contribution in [0.1, 0.15) is 25.3 Å². The Morgan fingerprint density at radius 3 is 2.30 bits per heavy atom. The Hall–Kier alpha value is -2.36. The Labute approximate surface area is 215 Å². The van der Waals surface area contributed by atoms with Gasteiger partial charge in [-0.15, -0.1) is 24.0 Å². The minimum absolute atomic E-state index is 0. The number of nitrogens with zero attached hydrogens (tertiary/aromatic N) is 3. The Morgan fingerprint density at radius 1 is 1.06 bits per heavy atom. The van der Waals surface area contributed by atoms with Gasteiger partial charge >= 0.3 is 0 Å². The van der Waals surface area contributed by atoms with E-state index in [4.69, 9.17) is 14.5 Å². The maximum Gasteiger partial charge on any atom is 0.191 e. The fraction of sp³-hybridized carbons (Fsp3) is 0.480. The van der Waals surface area contributed by atoms with E-state index in [1.165, 1.54) is 11.3 Å². The van der Waals surface area contributed by atoms with Crippen LogP contribution in [0.5, 0.6) is 11.5 Å². The number of aliphatic imine (C=N–C) groups is 1. The first-order valence-corrected chi connectivity index (χ1v) is 11.3. The van der Waals surface area contributed by atoms with Crippen molar-refractivity contribution in [3.05, 3.63) is 48.0 Å². The molecule has 2 N–H and O–H groups in total. The van der Waals surface area contributed by atoms with Crippen LogP contribution in [0.2, 0.25) is 0 Å². The molecule has 0 unspecified atom stereocenters. The summed E-state index contributed by atoms with van der Waals surface area (Å²) in [5.41, 5.74) is 3.54. The fourth-order valence-electron chi connectivity index (χ4n) is 3.87. The molecule has 0 radical (unpaired) electrons. The molecular weight excluding hydrogens is 529 g/mol. The molecule has 0 atom stereocenters. The van der Waals surface area contributed by atoms with Crippen molar-refractivity contribution in [1.29, 1.82) is 0 Å². The van der Waals surface area contributed by atoms with Gasteiger partial charge in [-0.1, -0.05) is 12.1 Å². The number of benzene rings is 2. The first-order valence-electron chi connectivity index (χ1n) is 11.3. The molecule has 0 aromatic heterocycles. The lowest BCUT2D eigenvalue weighted by molar-refractivity contribution is 0.393. The molecule has 1 heterocycles. The van der Waals surface area contributed by atoms with Crippen molar-refractivity contribution < 1.29 is 9.47 Å². The van der Waals surface area contributed by atoms with Crippen molar-refractivity contribution in [3.8, 4) is 11.5 Å². The van der Waals surface area contributed by atoms with Crippen LogP contribution in [0.25, 0.3) is 0 Å². The van der Waals surface area contributed by atoms with Crippen molar-refractivity contribution in [2.24, 2.45) is 4.99 Å². The Morgan fingerprint density at radius 2 is 1.73 bits per heavy atom. The summed E-state index contributed by atoms with van der Waals surface area (Å²) in [5, 5.41) is 7.03. The highest BCUT2D eigenvalue weighted by Crippen LogP contribution is 2.30. The van der Waals surface area contributed by atoms with Crippen LogP contribution in [-0.4, -0.2) is 60.0 Å². The van der Waals surface area contributed by atoms with Crippen LogP contribution in [0.4, 0.5) is 11.4 Å². The zero-order valence-electron chi connectivity index (χ0n) is 20.4. The van der Waals surface area contributed by atoms with Crippen LogP contribution >= 0.6 is 24.0 Å². The van der Waals surface area contributed by atoms with E-state index in [1.807, 2.05) is 6.07 Å². The van der Waals surface area contributed by atoms with Gasteiger partial charge in [0.1, 0.15) is 11.5 Å². The molecule has 1 aliphatic heterocycles. The third-order valence-electron chi connectivity index (χ3n) is 5.73. The highest BCUT2D eigenvalue weighted by atomic mass is 127. The molecule has 0 spiro atoms. The molecule has 0 saturated carbocycles. The number of anilines is 2. The van der Waals surface area contributed by atoms with E-state index < -0.39 is 0 Å². The lowest BCUT2D eigenvalue weighted by Crippen LogP contribution is -2.48. The molecule has 1 saturated heterocycles. The molecule has 0 amide bonds. The van der Waals surface area contributed by atoms with E-state index in [0.29, 0.717) is 12.6 Å². The average Bonchev–Trinajstić information content (AvgIpc) is 2.83. The summed E-state index contributed by atoms with van der Waals surface area (Å²) in [6, 6.07) is 15.0. The smallest absolute Gasteiger partial charge is 0.191 e. The zero-order valence-corrected chi connectivity index (χ0v) is 22.8. The summed E-state index contributed by atoms with van der Waals surface area (Å²) in [7, 11) is 7.49. The molecule has 2 aromatic rings. The second-order valence-corrected chi connectivity index (χ2v) is 8.24. The predicted molar refractivity (Wildman–Crippen MR) is 149 cm³/mol. The predicted octanol–water partition coefficient (Wildman–Crippen LogP) is 4.11. The molecule has 1 aliphatic rings. The summed E-state index contributed by atoms with van der Waals surface area (Å²) in [5.74, 6) is 2.52. The van der Waals surface area contributed by atoms with Crippen LogP contribution < -0.4 is 29.9 Å². The summed E-state index contributed by atoms with van der Waals surface area (Å²) in [6.07, 6.45) is 2.08. The quantitative estimate of drug-likeness (QED) is 0.285. The Bertz CT molecular complexity index is 876. The van der Waals surface area contributed by atoms with Gasteiger partial charge in [0.2, 0.25) is 0 Å². The van der Waals surface area contributed by atoms with E-state index in [1.54, 1.807) is 14.2 Å². The first-order chi connectivity index (χ1) is 15.5. The molecule has 1 fully saturated rings. The average molecular weight is 568 g/mol. The number of hydrogen-bond acceptors (Lipinski definition) is 5. The second-order valence-electron chi connectivity index (χ2n) is 8.24. The van der Waals surface area contributed by atoms with Gasteiger partial charge in [0.05, 0.1) is 20.8 Å². The molecule has 33 heavy (non-hydrogen) atoms.